The lowest BCUT2D eigenvalue weighted by Crippen LogP contribution is -2.40. The van der Waals surface area contributed by atoms with Crippen LogP contribution in [0.3, 0.4) is 0 Å². The Morgan fingerprint density at radius 3 is 2.76 bits per heavy atom. The molecule has 112 valence electrons. The Kier molecular flexibility index (Phi) is 5.35. The molecule has 0 bridgehead atoms. The van der Waals surface area contributed by atoms with E-state index in [1.165, 1.54) is 6.42 Å². The van der Waals surface area contributed by atoms with Crippen molar-refractivity contribution in [3.8, 4) is 11.8 Å². The van der Waals surface area contributed by atoms with Crippen molar-refractivity contribution in [1.29, 1.82) is 0 Å². The van der Waals surface area contributed by atoms with E-state index in [0.29, 0.717) is 23.0 Å². The summed E-state index contributed by atoms with van der Waals surface area (Å²) >= 11 is 0. The first-order chi connectivity index (χ1) is 10.1. The average Bonchev–Trinajstić information content (AvgIpc) is 2.44. The van der Waals surface area contributed by atoms with E-state index in [1.807, 2.05) is 0 Å². The van der Waals surface area contributed by atoms with Crippen LogP contribution in [0.15, 0.2) is 18.5 Å². The van der Waals surface area contributed by atoms with E-state index < -0.39 is 0 Å². The molecule has 1 aromatic rings. The Hall–Kier alpha value is -1.86. The molecule has 1 aromatic heterocycles. The third kappa shape index (κ3) is 4.30. The molecular formula is C17H23N3O. The van der Waals surface area contributed by atoms with Crippen molar-refractivity contribution in [3.05, 3.63) is 29.6 Å². The van der Waals surface area contributed by atoms with Gasteiger partial charge in [0.25, 0.3) is 5.91 Å². The maximum atomic E-state index is 12.5. The van der Waals surface area contributed by atoms with Gasteiger partial charge in [-0.2, -0.15) is 0 Å². The van der Waals surface area contributed by atoms with Crippen LogP contribution in [0, 0.1) is 23.7 Å². The van der Waals surface area contributed by atoms with Gasteiger partial charge in [-0.25, -0.2) is 0 Å². The number of carbonyl (C=O) groups is 1. The highest BCUT2D eigenvalue weighted by Crippen LogP contribution is 2.28. The molecular weight excluding hydrogens is 262 g/mol. The number of amides is 1. The van der Waals surface area contributed by atoms with Gasteiger partial charge in [0, 0.05) is 18.4 Å². The third-order valence-corrected chi connectivity index (χ3v) is 3.90. The summed E-state index contributed by atoms with van der Waals surface area (Å²) in [5.74, 6) is 6.94. The van der Waals surface area contributed by atoms with Gasteiger partial charge >= 0.3 is 0 Å². The maximum absolute atomic E-state index is 12.5. The molecule has 2 unspecified atom stereocenters. The van der Waals surface area contributed by atoms with E-state index in [0.717, 1.165) is 12.8 Å². The fourth-order valence-corrected chi connectivity index (χ4v) is 3.17. The zero-order chi connectivity index (χ0) is 15.2. The van der Waals surface area contributed by atoms with Crippen LogP contribution in [0.1, 0.15) is 49.0 Å². The Bertz CT molecular complexity index is 549. The Morgan fingerprint density at radius 1 is 1.38 bits per heavy atom. The molecule has 0 saturated heterocycles. The van der Waals surface area contributed by atoms with Gasteiger partial charge in [-0.3, -0.25) is 9.78 Å². The summed E-state index contributed by atoms with van der Waals surface area (Å²) in [6.07, 6.45) is 6.57. The minimum atomic E-state index is -0.0648. The van der Waals surface area contributed by atoms with Crippen LogP contribution in [0.5, 0.6) is 0 Å². The molecule has 2 rings (SSSR count). The van der Waals surface area contributed by atoms with Crippen molar-refractivity contribution in [2.24, 2.45) is 17.6 Å². The van der Waals surface area contributed by atoms with Crippen molar-refractivity contribution in [2.75, 3.05) is 6.54 Å². The van der Waals surface area contributed by atoms with Gasteiger partial charge in [-0.05, 0) is 37.2 Å². The van der Waals surface area contributed by atoms with Gasteiger partial charge in [0.2, 0.25) is 0 Å². The molecule has 1 saturated carbocycles. The first-order valence-corrected chi connectivity index (χ1v) is 7.54. The Morgan fingerprint density at radius 2 is 2.10 bits per heavy atom. The Balaban J connectivity index is 2.10. The van der Waals surface area contributed by atoms with Gasteiger partial charge in [-0.1, -0.05) is 25.7 Å². The number of pyridine rings is 1. The van der Waals surface area contributed by atoms with Crippen molar-refractivity contribution in [3.63, 3.8) is 0 Å². The molecule has 0 aromatic carbocycles. The minimum Gasteiger partial charge on any atom is -0.349 e. The highest BCUT2D eigenvalue weighted by Gasteiger charge is 2.25. The van der Waals surface area contributed by atoms with Crippen LogP contribution >= 0.6 is 0 Å². The normalized spacial score (nSPS) is 24.8. The number of aromatic nitrogens is 1. The lowest BCUT2D eigenvalue weighted by Gasteiger charge is -2.32. The largest absolute Gasteiger partial charge is 0.349 e. The number of carbonyl (C=O) groups excluding carboxylic acids is 1. The number of nitrogens with zero attached hydrogens (tertiary/aromatic N) is 1. The molecule has 21 heavy (non-hydrogen) atoms. The first kappa shape index (κ1) is 15.5. The third-order valence-electron chi connectivity index (χ3n) is 3.90. The van der Waals surface area contributed by atoms with Gasteiger partial charge in [0.05, 0.1) is 17.7 Å². The van der Waals surface area contributed by atoms with Crippen molar-refractivity contribution < 1.29 is 4.79 Å². The van der Waals surface area contributed by atoms with Crippen LogP contribution in [-0.2, 0) is 0 Å². The average molecular weight is 285 g/mol. The van der Waals surface area contributed by atoms with Gasteiger partial charge < -0.3 is 11.1 Å². The molecule has 4 heteroatoms. The fourth-order valence-electron chi connectivity index (χ4n) is 3.17. The molecule has 0 radical (unpaired) electrons. The summed E-state index contributed by atoms with van der Waals surface area (Å²) in [5.41, 5.74) is 6.60. The summed E-state index contributed by atoms with van der Waals surface area (Å²) in [6.45, 7) is 4.77. The second-order valence-corrected chi connectivity index (χ2v) is 6.01. The van der Waals surface area contributed by atoms with E-state index in [4.69, 9.17) is 5.73 Å². The van der Waals surface area contributed by atoms with E-state index in [2.05, 4.69) is 36.0 Å². The van der Waals surface area contributed by atoms with E-state index in [9.17, 15) is 4.79 Å². The zero-order valence-electron chi connectivity index (χ0n) is 12.7. The summed E-state index contributed by atoms with van der Waals surface area (Å²) in [5, 5.41) is 3.15. The molecule has 1 amide bonds. The lowest BCUT2D eigenvalue weighted by molar-refractivity contribution is 0.0911. The van der Waals surface area contributed by atoms with E-state index >= 15 is 0 Å². The predicted octanol–water partition coefficient (Wildman–Crippen LogP) is 1.95. The van der Waals surface area contributed by atoms with Crippen LogP contribution in [0.25, 0.3) is 0 Å². The number of nitrogens with one attached hydrogen (secondary N) is 1. The van der Waals surface area contributed by atoms with Gasteiger partial charge in [0.15, 0.2) is 0 Å². The molecule has 0 aliphatic heterocycles. The Labute approximate surface area is 126 Å². The quantitative estimate of drug-likeness (QED) is 0.816. The number of hydrogen-bond donors (Lipinski definition) is 2. The number of hydrogen-bond acceptors (Lipinski definition) is 3. The second kappa shape index (κ2) is 7.24. The molecule has 1 fully saturated rings. The van der Waals surface area contributed by atoms with E-state index in [-0.39, 0.29) is 18.5 Å². The summed E-state index contributed by atoms with van der Waals surface area (Å²) in [4.78, 5) is 16.5. The predicted molar refractivity (Wildman–Crippen MR) is 83.6 cm³/mol. The van der Waals surface area contributed by atoms with Gasteiger partial charge in [-0.15, -0.1) is 0 Å². The first-order valence-electron chi connectivity index (χ1n) is 7.54. The molecule has 2 atom stereocenters. The lowest BCUT2D eigenvalue weighted by atomic mass is 9.80. The standard InChI is InChI=1S/C17H23N3O/c1-12-8-13(2)10-15(9-12)20-17(21)16-5-7-19-11-14(16)4-3-6-18/h5,7,11-13,15H,6,8-10,18H2,1-2H3,(H,20,21). The number of nitrogens with two attached hydrogens (primary N) is 1. The molecule has 1 heterocycles. The summed E-state index contributed by atoms with van der Waals surface area (Å²) < 4.78 is 0. The maximum Gasteiger partial charge on any atom is 0.252 e. The fraction of sp³-hybridized carbons (Fsp3) is 0.529. The van der Waals surface area contributed by atoms with Gasteiger partial charge in [0.1, 0.15) is 0 Å². The molecule has 1 aliphatic carbocycles. The highest BCUT2D eigenvalue weighted by atomic mass is 16.1. The van der Waals surface area contributed by atoms with E-state index in [1.54, 1.807) is 18.5 Å². The zero-order valence-corrected chi connectivity index (χ0v) is 12.7. The monoisotopic (exact) mass is 285 g/mol. The molecule has 0 spiro atoms. The summed E-state index contributed by atoms with van der Waals surface area (Å²) in [6, 6.07) is 1.96. The van der Waals surface area contributed by atoms with Crippen LogP contribution in [0.2, 0.25) is 0 Å². The van der Waals surface area contributed by atoms with Crippen LogP contribution < -0.4 is 11.1 Å². The second-order valence-electron chi connectivity index (χ2n) is 6.01. The van der Waals surface area contributed by atoms with Crippen molar-refractivity contribution in [2.45, 2.75) is 39.2 Å². The minimum absolute atomic E-state index is 0.0648. The van der Waals surface area contributed by atoms with Crippen molar-refractivity contribution >= 4 is 5.91 Å². The number of rotatable bonds is 2. The van der Waals surface area contributed by atoms with Crippen molar-refractivity contribution in [1.82, 2.24) is 10.3 Å². The summed E-state index contributed by atoms with van der Waals surface area (Å²) in [7, 11) is 0. The molecule has 1 aliphatic rings. The molecule has 4 nitrogen and oxygen atoms in total. The SMILES string of the molecule is CC1CC(C)CC(NC(=O)c2ccncc2C#CCN)C1. The smallest absolute Gasteiger partial charge is 0.252 e. The van der Waals surface area contributed by atoms with Crippen LogP contribution in [0.4, 0.5) is 0 Å². The molecule has 3 N–H and O–H groups in total. The topological polar surface area (TPSA) is 68.0 Å². The van der Waals surface area contributed by atoms with Crippen LogP contribution in [-0.4, -0.2) is 23.5 Å². The highest BCUT2D eigenvalue weighted by molar-refractivity contribution is 5.96.